The first-order valence-corrected chi connectivity index (χ1v) is 33.6. The fraction of sp³-hybridized carbons (Fsp3) is 0.424. The maximum atomic E-state index is 12.7. The Hall–Kier alpha value is -9.34. The number of benzene rings is 3. The molecule has 0 bridgehead atoms. The van der Waals surface area contributed by atoms with Gasteiger partial charge in [0.25, 0.3) is 41.6 Å². The van der Waals surface area contributed by atoms with Crippen molar-refractivity contribution >= 4 is 66.2 Å². The molecule has 2 heterocycles. The second kappa shape index (κ2) is 40.3. The number of alkyl halides is 21. The van der Waals surface area contributed by atoms with Gasteiger partial charge in [0, 0.05) is 51.1 Å². The van der Waals surface area contributed by atoms with Crippen LogP contribution in [0.5, 0.6) is 0 Å². The molecule has 114 heavy (non-hydrogen) atoms. The second-order valence-corrected chi connectivity index (χ2v) is 26.9. The van der Waals surface area contributed by atoms with E-state index in [-0.39, 0.29) is 11.6 Å². The fourth-order valence-electron chi connectivity index (χ4n) is 6.78. The SMILES string of the molecule is CC(O)(CCO)C(F)(F)F.CC(O)(CCOC(=O)c1cc(C(=O)OCCC(O)(C(F)(F)F)C(F)(F)F)cc(S(=O)(=O)O)c1)C(F)(F)F.CC(O)(CCOC(=O)c1cc(C(=O)OCCC(O)(C(F)(F)F)C(F)(F)F)cc(S(=O)(=O)O)c1)C(F)(F)F.Fc1cccnc1.Fc1cccnc1.O=C(O)c1cc(C(=O)O)cc(S(=O)(=O)O)c1. The molecule has 3 unspecified atom stereocenters. The molecule has 0 saturated heterocycles. The number of aromatic nitrogens is 2. The number of aliphatic hydroxyl groups is 6. The quantitative estimate of drug-likeness (QED) is 0.0125. The smallest absolute Gasteiger partial charge is 0.426 e. The summed E-state index contributed by atoms with van der Waals surface area (Å²) in [4.78, 5) is 73.4. The number of halogens is 23. The van der Waals surface area contributed by atoms with E-state index in [2.05, 4.69) is 28.9 Å². The number of nitrogens with zero attached hydrogens (tertiary/aromatic N) is 2. The van der Waals surface area contributed by atoms with Crippen LogP contribution in [0.4, 0.5) is 101 Å². The topological polar surface area (TPSA) is 490 Å². The summed E-state index contributed by atoms with van der Waals surface area (Å²) in [7, 11) is -15.0. The lowest BCUT2D eigenvalue weighted by Gasteiger charge is -2.32. The number of ether oxygens (including phenoxy) is 4. The van der Waals surface area contributed by atoms with E-state index in [4.69, 9.17) is 44.3 Å². The van der Waals surface area contributed by atoms with E-state index in [1.807, 2.05) is 0 Å². The van der Waals surface area contributed by atoms with Crippen molar-refractivity contribution in [2.45, 2.75) is 139 Å². The van der Waals surface area contributed by atoms with Gasteiger partial charge in [-0.25, -0.2) is 37.5 Å². The van der Waals surface area contributed by atoms with Gasteiger partial charge in [0.2, 0.25) is 0 Å². The molecular formula is C59H57F23N2O27S3. The van der Waals surface area contributed by atoms with Gasteiger partial charge in [-0.3, -0.25) is 23.6 Å². The van der Waals surface area contributed by atoms with Gasteiger partial charge in [0.05, 0.1) is 86.9 Å². The molecule has 0 aliphatic carbocycles. The molecule has 5 rings (SSSR count). The summed E-state index contributed by atoms with van der Waals surface area (Å²) >= 11 is 0. The van der Waals surface area contributed by atoms with Gasteiger partial charge < -0.3 is 59.8 Å². The van der Waals surface area contributed by atoms with Gasteiger partial charge >= 0.3 is 79.0 Å². The maximum absolute atomic E-state index is 12.7. The number of carbonyl (C=O) groups is 6. The van der Waals surface area contributed by atoms with Crippen LogP contribution in [0.2, 0.25) is 0 Å². The maximum Gasteiger partial charge on any atom is 0.426 e. The minimum atomic E-state index is -6.23. The van der Waals surface area contributed by atoms with Gasteiger partial charge in [0.15, 0.2) is 16.8 Å². The van der Waals surface area contributed by atoms with E-state index >= 15 is 0 Å². The number of pyridine rings is 2. The standard InChI is InChI=1S/2C18H17F9O9S.C8H6O7S.C5H9F3O2.2C5H4FN/c2*1-14(30,16(19,20)21)2-4-35-12(28)9-6-10(8-11(7-9)37(32,33)34)13(29)36-5-3-15(31,17(22,23)24)18(25,26)27;9-7(10)4-1-5(8(11)12)3-6(2-4)16(13,14)15;1-4(10,2-3-9)5(6,7)8;2*6-5-2-1-3-7-4-5/h2*6-8,30-31H,2-5H2,1H3,(H,32,33,34);1-3H,(H,9,10)(H,11,12)(H,13,14,15);9-10H,2-3H2,1H3;2*1-4H. The summed E-state index contributed by atoms with van der Waals surface area (Å²) < 4.78 is 398. The van der Waals surface area contributed by atoms with Gasteiger partial charge in [-0.2, -0.15) is 117 Å². The first-order chi connectivity index (χ1) is 51.0. The molecule has 644 valence electrons. The molecule has 0 aliphatic heterocycles. The predicted octanol–water partition coefficient (Wildman–Crippen LogP) is 9.85. The number of esters is 4. The highest BCUT2D eigenvalue weighted by molar-refractivity contribution is 7.86. The first-order valence-electron chi connectivity index (χ1n) is 29.3. The number of hydrogen-bond acceptors (Lipinski definition) is 24. The molecular weight excluding hydrogens is 1700 g/mol. The van der Waals surface area contributed by atoms with Crippen molar-refractivity contribution in [2.24, 2.45) is 0 Å². The summed E-state index contributed by atoms with van der Waals surface area (Å²) in [6.45, 7) is -4.94. The van der Waals surface area contributed by atoms with Crippen molar-refractivity contribution in [1.82, 2.24) is 9.97 Å². The van der Waals surface area contributed by atoms with Gasteiger partial charge in [-0.1, -0.05) is 0 Å². The van der Waals surface area contributed by atoms with Crippen LogP contribution in [0, 0.1) is 11.6 Å². The van der Waals surface area contributed by atoms with Crippen LogP contribution >= 0.6 is 0 Å². The lowest BCUT2D eigenvalue weighted by molar-refractivity contribution is -0.371. The molecule has 3 atom stereocenters. The van der Waals surface area contributed by atoms with E-state index in [1.165, 1.54) is 36.9 Å². The Morgan fingerprint density at radius 1 is 0.351 bits per heavy atom. The molecule has 55 heteroatoms. The van der Waals surface area contributed by atoms with Crippen molar-refractivity contribution in [2.75, 3.05) is 33.0 Å². The molecule has 2 aromatic heterocycles. The van der Waals surface area contributed by atoms with Gasteiger partial charge in [-0.15, -0.1) is 0 Å². The van der Waals surface area contributed by atoms with Crippen molar-refractivity contribution in [3.8, 4) is 0 Å². The van der Waals surface area contributed by atoms with Crippen LogP contribution in [0.25, 0.3) is 0 Å². The Morgan fingerprint density at radius 2 is 0.561 bits per heavy atom. The zero-order valence-electron chi connectivity index (χ0n) is 56.6. The number of carboxylic acids is 2. The average molecular weight is 1760 g/mol. The molecule has 3 aromatic carbocycles. The van der Waals surface area contributed by atoms with Crippen molar-refractivity contribution in [1.29, 1.82) is 0 Å². The number of aliphatic hydroxyl groups excluding tert-OH is 1. The highest BCUT2D eigenvalue weighted by Gasteiger charge is 2.71. The highest BCUT2D eigenvalue weighted by atomic mass is 32.2. The van der Waals surface area contributed by atoms with Crippen LogP contribution < -0.4 is 0 Å². The summed E-state index contributed by atoms with van der Waals surface area (Å²) in [5.41, 5.74) is -24.9. The molecule has 5 aromatic rings. The fourth-order valence-corrected chi connectivity index (χ4v) is 8.43. The molecule has 0 radical (unpaired) electrons. The zero-order chi connectivity index (χ0) is 89.6. The Morgan fingerprint density at radius 3 is 0.719 bits per heavy atom. The Labute approximate surface area is 623 Å². The number of carboxylic acid groups (broad SMARTS) is 2. The summed E-state index contributed by atoms with van der Waals surface area (Å²) in [5.74, 6) is -10.4. The van der Waals surface area contributed by atoms with E-state index < -0.39 is 251 Å². The number of hydrogen-bond donors (Lipinski definition) is 11. The lowest BCUT2D eigenvalue weighted by atomic mass is 9.99. The number of aromatic carboxylic acids is 2. The highest BCUT2D eigenvalue weighted by Crippen LogP contribution is 2.47. The van der Waals surface area contributed by atoms with Crippen LogP contribution in [0.3, 0.4) is 0 Å². The number of carbonyl (C=O) groups excluding carboxylic acids is 4. The summed E-state index contributed by atoms with van der Waals surface area (Å²) in [6, 6.07) is 10.2. The van der Waals surface area contributed by atoms with E-state index in [1.54, 1.807) is 12.1 Å². The van der Waals surface area contributed by atoms with Gasteiger partial charge in [-0.05, 0) is 99.6 Å². The van der Waals surface area contributed by atoms with Crippen LogP contribution in [-0.4, -0.2) is 230 Å². The van der Waals surface area contributed by atoms with Crippen molar-refractivity contribution in [3.05, 3.63) is 149 Å². The molecule has 0 spiro atoms. The third-order valence-electron chi connectivity index (χ3n) is 13.6. The molecule has 0 fully saturated rings. The Bertz CT molecular complexity index is 4150. The Balaban J connectivity index is 0.00000152. The molecule has 11 N–H and O–H groups in total. The van der Waals surface area contributed by atoms with Crippen molar-refractivity contribution < 1.29 is 228 Å². The molecule has 29 nitrogen and oxygen atoms in total. The van der Waals surface area contributed by atoms with E-state index in [9.17, 15) is 165 Å². The van der Waals surface area contributed by atoms with Crippen LogP contribution in [-0.2, 0) is 49.3 Å². The largest absolute Gasteiger partial charge is 0.478 e. The molecule has 0 amide bonds. The molecule has 0 saturated carbocycles. The number of rotatable bonds is 23. The lowest BCUT2D eigenvalue weighted by Crippen LogP contribution is -2.57. The van der Waals surface area contributed by atoms with Crippen LogP contribution in [0.15, 0.2) is 118 Å². The van der Waals surface area contributed by atoms with E-state index in [0.717, 1.165) is 6.07 Å². The second-order valence-electron chi connectivity index (χ2n) is 22.7. The van der Waals surface area contributed by atoms with Crippen molar-refractivity contribution in [3.63, 3.8) is 0 Å². The monoisotopic (exact) mass is 1760 g/mol. The Kier molecular flexibility index (Phi) is 37.0. The predicted molar refractivity (Wildman–Crippen MR) is 327 cm³/mol. The average Bonchev–Trinajstić information content (AvgIpc) is 0.768. The summed E-state index contributed by atoms with van der Waals surface area (Å²) in [5, 5.41) is 70.5. The first kappa shape index (κ1) is 105. The normalized spacial score (nSPS) is 14.1. The van der Waals surface area contributed by atoms with E-state index in [0.29, 0.717) is 69.3 Å². The third kappa shape index (κ3) is 32.9. The summed E-state index contributed by atoms with van der Waals surface area (Å²) in [6.07, 6.45) is -41.9. The third-order valence-corrected chi connectivity index (χ3v) is 16.1. The van der Waals surface area contributed by atoms with Gasteiger partial charge in [0.1, 0.15) is 11.6 Å². The molecule has 0 aliphatic rings. The minimum Gasteiger partial charge on any atom is -0.478 e. The zero-order valence-corrected chi connectivity index (χ0v) is 59.1. The minimum absolute atomic E-state index is 0.289. The van der Waals surface area contributed by atoms with Crippen LogP contribution in [0.1, 0.15) is 115 Å².